The Morgan fingerprint density at radius 2 is 1.85 bits per heavy atom. The van der Waals surface area contributed by atoms with Crippen LogP contribution in [0, 0.1) is 11.3 Å². The fourth-order valence-electron chi connectivity index (χ4n) is 2.39. The second-order valence-electron chi connectivity index (χ2n) is 4.69. The van der Waals surface area contributed by atoms with Gasteiger partial charge in [-0.05, 0) is 30.3 Å². The number of carbonyl (C=O) groups is 1. The normalized spacial score (nSPS) is 13.9. The van der Waals surface area contributed by atoms with E-state index in [-0.39, 0.29) is 12.5 Å². The van der Waals surface area contributed by atoms with E-state index in [1.54, 1.807) is 18.0 Å². The van der Waals surface area contributed by atoms with Gasteiger partial charge < -0.3 is 9.80 Å². The van der Waals surface area contributed by atoms with Crippen LogP contribution in [0.4, 0.5) is 17.1 Å². The highest BCUT2D eigenvalue weighted by Gasteiger charge is 2.27. The number of likely N-dealkylation sites (N-methyl/N-ethyl adjacent to an activating group) is 1. The zero-order valence-electron chi connectivity index (χ0n) is 11.1. The summed E-state index contributed by atoms with van der Waals surface area (Å²) in [7, 11) is 1.76. The van der Waals surface area contributed by atoms with Crippen LogP contribution in [0.1, 0.15) is 5.56 Å². The van der Waals surface area contributed by atoms with Crippen LogP contribution < -0.4 is 9.80 Å². The average molecular weight is 263 g/mol. The van der Waals surface area contributed by atoms with E-state index in [1.807, 2.05) is 47.4 Å². The third-order valence-electron chi connectivity index (χ3n) is 3.49. The first-order valence-corrected chi connectivity index (χ1v) is 6.34. The van der Waals surface area contributed by atoms with Gasteiger partial charge in [0.15, 0.2) is 0 Å². The van der Waals surface area contributed by atoms with E-state index in [0.29, 0.717) is 5.56 Å². The molecule has 1 heterocycles. The Morgan fingerprint density at radius 3 is 2.55 bits per heavy atom. The fraction of sp³-hybridized carbons (Fsp3) is 0.125. The van der Waals surface area contributed by atoms with Crippen LogP contribution in [0.5, 0.6) is 0 Å². The number of carbonyl (C=O) groups excluding carboxylic acids is 1. The number of nitrogens with zero attached hydrogens (tertiary/aromatic N) is 3. The summed E-state index contributed by atoms with van der Waals surface area (Å²) in [5, 5.41) is 9.06. The number of rotatable bonds is 1. The number of fused-ring (bicyclic) bond motifs is 1. The summed E-state index contributed by atoms with van der Waals surface area (Å²) >= 11 is 0. The minimum atomic E-state index is 0.0334. The van der Waals surface area contributed by atoms with Gasteiger partial charge in [0.1, 0.15) is 6.54 Å². The minimum absolute atomic E-state index is 0.0334. The third kappa shape index (κ3) is 1.90. The summed E-state index contributed by atoms with van der Waals surface area (Å²) < 4.78 is 0. The molecule has 4 heteroatoms. The van der Waals surface area contributed by atoms with Crippen LogP contribution in [-0.2, 0) is 4.79 Å². The van der Waals surface area contributed by atoms with Gasteiger partial charge in [0.25, 0.3) is 0 Å². The first kappa shape index (κ1) is 12.2. The molecule has 20 heavy (non-hydrogen) atoms. The highest BCUT2D eigenvalue weighted by Crippen LogP contribution is 2.37. The molecular formula is C16H13N3O. The van der Waals surface area contributed by atoms with Crippen molar-refractivity contribution in [3.63, 3.8) is 0 Å². The molecule has 0 fully saturated rings. The van der Waals surface area contributed by atoms with Crippen molar-refractivity contribution >= 4 is 23.0 Å². The number of anilines is 3. The van der Waals surface area contributed by atoms with E-state index in [0.717, 1.165) is 17.1 Å². The standard InChI is InChI=1S/C16H13N3O/c1-18-14-8-7-12(10-17)9-15(14)19(11-16(18)20)13-5-3-2-4-6-13/h2-9H,11H2,1H3. The van der Waals surface area contributed by atoms with Crippen LogP contribution in [0.3, 0.4) is 0 Å². The molecule has 0 aliphatic carbocycles. The first-order chi connectivity index (χ1) is 9.70. The summed E-state index contributed by atoms with van der Waals surface area (Å²) in [6.07, 6.45) is 0. The van der Waals surface area contributed by atoms with Crippen LogP contribution >= 0.6 is 0 Å². The molecule has 0 saturated heterocycles. The SMILES string of the molecule is CN1C(=O)CN(c2ccccc2)c2cc(C#N)ccc21. The lowest BCUT2D eigenvalue weighted by molar-refractivity contribution is -0.117. The molecule has 2 aromatic rings. The van der Waals surface area contributed by atoms with Crippen molar-refractivity contribution < 1.29 is 4.79 Å². The lowest BCUT2D eigenvalue weighted by atomic mass is 10.1. The van der Waals surface area contributed by atoms with Gasteiger partial charge in [-0.3, -0.25) is 4.79 Å². The van der Waals surface area contributed by atoms with Gasteiger partial charge in [0.05, 0.1) is 23.0 Å². The van der Waals surface area contributed by atoms with Crippen molar-refractivity contribution in [3.8, 4) is 6.07 Å². The van der Waals surface area contributed by atoms with Crippen molar-refractivity contribution in [3.05, 3.63) is 54.1 Å². The maximum atomic E-state index is 12.1. The second kappa shape index (κ2) is 4.71. The van der Waals surface area contributed by atoms with Gasteiger partial charge in [-0.2, -0.15) is 5.26 Å². The van der Waals surface area contributed by atoms with E-state index in [4.69, 9.17) is 5.26 Å². The van der Waals surface area contributed by atoms with E-state index >= 15 is 0 Å². The highest BCUT2D eigenvalue weighted by atomic mass is 16.2. The summed E-state index contributed by atoms with van der Waals surface area (Å²) in [4.78, 5) is 15.7. The number of benzene rings is 2. The fourth-order valence-corrected chi connectivity index (χ4v) is 2.39. The number of nitriles is 1. The molecule has 0 unspecified atom stereocenters. The van der Waals surface area contributed by atoms with Gasteiger partial charge in [-0.1, -0.05) is 18.2 Å². The largest absolute Gasteiger partial charge is 0.330 e. The van der Waals surface area contributed by atoms with Gasteiger partial charge in [-0.25, -0.2) is 0 Å². The van der Waals surface area contributed by atoms with Crippen LogP contribution in [-0.4, -0.2) is 19.5 Å². The van der Waals surface area contributed by atoms with Gasteiger partial charge in [0.2, 0.25) is 5.91 Å². The molecule has 1 aliphatic rings. The Labute approximate surface area is 117 Å². The van der Waals surface area contributed by atoms with Gasteiger partial charge in [0, 0.05) is 12.7 Å². The van der Waals surface area contributed by atoms with E-state index < -0.39 is 0 Å². The molecule has 0 atom stereocenters. The van der Waals surface area contributed by atoms with Crippen LogP contribution in [0.15, 0.2) is 48.5 Å². The summed E-state index contributed by atoms with van der Waals surface area (Å²) in [5.74, 6) is 0.0334. The molecule has 0 radical (unpaired) electrons. The molecule has 1 aliphatic heterocycles. The first-order valence-electron chi connectivity index (χ1n) is 6.34. The summed E-state index contributed by atoms with van der Waals surface area (Å²) in [6, 6.07) is 17.3. The Hall–Kier alpha value is -2.80. The molecule has 0 aromatic heterocycles. The smallest absolute Gasteiger partial charge is 0.246 e. The predicted molar refractivity (Wildman–Crippen MR) is 78.0 cm³/mol. The molecule has 98 valence electrons. The maximum Gasteiger partial charge on any atom is 0.246 e. The second-order valence-corrected chi connectivity index (χ2v) is 4.69. The van der Waals surface area contributed by atoms with Crippen molar-refractivity contribution in [2.45, 2.75) is 0 Å². The summed E-state index contributed by atoms with van der Waals surface area (Å²) in [5.41, 5.74) is 3.25. The van der Waals surface area contributed by atoms with E-state index in [9.17, 15) is 4.79 Å². The molecule has 0 saturated carbocycles. The number of para-hydroxylation sites is 1. The maximum absolute atomic E-state index is 12.1. The van der Waals surface area contributed by atoms with Crippen LogP contribution in [0.25, 0.3) is 0 Å². The van der Waals surface area contributed by atoms with Gasteiger partial charge >= 0.3 is 0 Å². The number of amides is 1. The van der Waals surface area contributed by atoms with E-state index in [1.165, 1.54) is 0 Å². The molecule has 0 spiro atoms. The molecular weight excluding hydrogens is 250 g/mol. The topological polar surface area (TPSA) is 47.3 Å². The lowest BCUT2D eigenvalue weighted by Crippen LogP contribution is -2.41. The predicted octanol–water partition coefficient (Wildman–Crippen LogP) is 2.67. The minimum Gasteiger partial charge on any atom is -0.330 e. The van der Waals surface area contributed by atoms with Crippen molar-refractivity contribution in [1.82, 2.24) is 0 Å². The Morgan fingerprint density at radius 1 is 1.10 bits per heavy atom. The highest BCUT2D eigenvalue weighted by molar-refractivity contribution is 6.04. The molecule has 3 rings (SSSR count). The zero-order chi connectivity index (χ0) is 14.1. The zero-order valence-corrected chi connectivity index (χ0v) is 11.1. The number of hydrogen-bond acceptors (Lipinski definition) is 3. The molecule has 2 aromatic carbocycles. The molecule has 1 amide bonds. The van der Waals surface area contributed by atoms with Crippen molar-refractivity contribution in [1.29, 1.82) is 5.26 Å². The van der Waals surface area contributed by atoms with Crippen molar-refractivity contribution in [2.24, 2.45) is 0 Å². The van der Waals surface area contributed by atoms with E-state index in [2.05, 4.69) is 6.07 Å². The quantitative estimate of drug-likeness (QED) is 0.794. The average Bonchev–Trinajstić information content (AvgIpc) is 2.51. The van der Waals surface area contributed by atoms with Crippen molar-refractivity contribution in [2.75, 3.05) is 23.4 Å². The third-order valence-corrected chi connectivity index (χ3v) is 3.49. The Bertz CT molecular complexity index is 703. The van der Waals surface area contributed by atoms with Gasteiger partial charge in [-0.15, -0.1) is 0 Å². The molecule has 4 nitrogen and oxygen atoms in total. The van der Waals surface area contributed by atoms with Crippen LogP contribution in [0.2, 0.25) is 0 Å². The summed E-state index contributed by atoms with van der Waals surface area (Å²) in [6.45, 7) is 0.280. The molecule has 0 N–H and O–H groups in total. The lowest BCUT2D eigenvalue weighted by Gasteiger charge is -2.35. The Kier molecular flexibility index (Phi) is 2.88. The monoisotopic (exact) mass is 263 g/mol. The Balaban J connectivity index is 2.17. The molecule has 0 bridgehead atoms. The number of hydrogen-bond donors (Lipinski definition) is 0.